The summed E-state index contributed by atoms with van der Waals surface area (Å²) < 4.78 is 1.78. The van der Waals surface area contributed by atoms with Gasteiger partial charge in [-0.2, -0.15) is 5.10 Å². The standard InChI is InChI=1S/C12H16N4O.ClH/c1-7(13-2)10-5-11-14-12(17)9(8-3-4-8)6-16(11)15-10;/h5-8,13H,3-4H2,1-2H3,(H,14,17);1H/t7-;/m0./s1. The Morgan fingerprint density at radius 1 is 1.56 bits per heavy atom. The number of nitrogens with zero attached hydrogens (tertiary/aromatic N) is 2. The average Bonchev–Trinajstić information content (AvgIpc) is 3.08. The van der Waals surface area contributed by atoms with Gasteiger partial charge in [-0.3, -0.25) is 4.79 Å². The Morgan fingerprint density at radius 3 is 2.89 bits per heavy atom. The molecule has 0 spiro atoms. The van der Waals surface area contributed by atoms with Crippen LogP contribution >= 0.6 is 12.4 Å². The molecule has 0 aromatic carbocycles. The molecule has 98 valence electrons. The molecule has 0 saturated heterocycles. The van der Waals surface area contributed by atoms with Crippen LogP contribution < -0.4 is 10.9 Å². The minimum absolute atomic E-state index is 0. The van der Waals surface area contributed by atoms with E-state index < -0.39 is 0 Å². The van der Waals surface area contributed by atoms with Gasteiger partial charge in [0.25, 0.3) is 5.56 Å². The fraction of sp³-hybridized carbons (Fsp3) is 0.500. The molecule has 0 radical (unpaired) electrons. The molecule has 1 aliphatic rings. The number of hydrogen-bond acceptors (Lipinski definition) is 3. The number of hydrogen-bond donors (Lipinski definition) is 2. The van der Waals surface area contributed by atoms with Gasteiger partial charge >= 0.3 is 0 Å². The Bertz CT molecular complexity index is 614. The summed E-state index contributed by atoms with van der Waals surface area (Å²) in [6.45, 7) is 2.04. The molecule has 0 amide bonds. The molecule has 1 saturated carbocycles. The maximum absolute atomic E-state index is 11.9. The molecule has 2 N–H and O–H groups in total. The molecule has 3 rings (SSSR count). The minimum atomic E-state index is 0. The second-order valence-corrected chi connectivity index (χ2v) is 4.72. The lowest BCUT2D eigenvalue weighted by molar-refractivity contribution is 0.625. The molecule has 2 heterocycles. The van der Waals surface area contributed by atoms with Crippen molar-refractivity contribution in [1.82, 2.24) is 19.9 Å². The van der Waals surface area contributed by atoms with Gasteiger partial charge in [0.05, 0.1) is 5.69 Å². The zero-order valence-electron chi connectivity index (χ0n) is 10.4. The van der Waals surface area contributed by atoms with E-state index in [0.717, 1.165) is 29.7 Å². The lowest BCUT2D eigenvalue weighted by Gasteiger charge is -2.03. The summed E-state index contributed by atoms with van der Waals surface area (Å²) in [7, 11) is 1.90. The number of aromatic nitrogens is 3. The monoisotopic (exact) mass is 268 g/mol. The molecule has 0 unspecified atom stereocenters. The van der Waals surface area contributed by atoms with Gasteiger partial charge in [0, 0.05) is 23.9 Å². The molecule has 18 heavy (non-hydrogen) atoms. The van der Waals surface area contributed by atoms with Gasteiger partial charge in [0.1, 0.15) is 5.65 Å². The van der Waals surface area contributed by atoms with Crippen LogP contribution in [0.4, 0.5) is 0 Å². The highest BCUT2D eigenvalue weighted by molar-refractivity contribution is 5.85. The number of fused-ring (bicyclic) bond motifs is 1. The van der Waals surface area contributed by atoms with Gasteiger partial charge in [-0.1, -0.05) is 0 Å². The van der Waals surface area contributed by atoms with Crippen molar-refractivity contribution < 1.29 is 0 Å². The molecule has 1 aliphatic carbocycles. The van der Waals surface area contributed by atoms with Crippen molar-refractivity contribution >= 4 is 18.1 Å². The van der Waals surface area contributed by atoms with Crippen molar-refractivity contribution in [2.75, 3.05) is 7.05 Å². The SMILES string of the molecule is CN[C@@H](C)c1cc2[nH]c(=O)c(C3CC3)cn2n1.Cl. The molecular formula is C12H17ClN4O. The van der Waals surface area contributed by atoms with Gasteiger partial charge in [0.15, 0.2) is 0 Å². The molecule has 1 fully saturated rings. The third-order valence-corrected chi connectivity index (χ3v) is 3.41. The van der Waals surface area contributed by atoms with Crippen molar-refractivity contribution in [3.8, 4) is 0 Å². The Kier molecular flexibility index (Phi) is 3.45. The van der Waals surface area contributed by atoms with Crippen LogP contribution in [-0.4, -0.2) is 21.6 Å². The Balaban J connectivity index is 0.00000120. The van der Waals surface area contributed by atoms with E-state index in [1.54, 1.807) is 4.52 Å². The van der Waals surface area contributed by atoms with Crippen LogP contribution in [0.1, 0.15) is 43.0 Å². The fourth-order valence-electron chi connectivity index (χ4n) is 2.03. The van der Waals surface area contributed by atoms with Crippen LogP contribution in [0.2, 0.25) is 0 Å². The van der Waals surface area contributed by atoms with E-state index in [1.807, 2.05) is 26.2 Å². The predicted molar refractivity (Wildman–Crippen MR) is 72.5 cm³/mol. The molecule has 5 nitrogen and oxygen atoms in total. The van der Waals surface area contributed by atoms with Gasteiger partial charge in [-0.25, -0.2) is 4.52 Å². The molecule has 1 atom stereocenters. The third-order valence-electron chi connectivity index (χ3n) is 3.41. The summed E-state index contributed by atoms with van der Waals surface area (Å²) in [4.78, 5) is 14.7. The Morgan fingerprint density at radius 2 is 2.28 bits per heavy atom. The van der Waals surface area contributed by atoms with Gasteiger partial charge in [0.2, 0.25) is 0 Å². The first kappa shape index (κ1) is 13.1. The van der Waals surface area contributed by atoms with Crippen molar-refractivity contribution in [2.24, 2.45) is 0 Å². The highest BCUT2D eigenvalue weighted by atomic mass is 35.5. The fourth-order valence-corrected chi connectivity index (χ4v) is 2.03. The summed E-state index contributed by atoms with van der Waals surface area (Å²) >= 11 is 0. The lowest BCUT2D eigenvalue weighted by Crippen LogP contribution is -2.14. The third kappa shape index (κ3) is 2.15. The van der Waals surface area contributed by atoms with E-state index in [2.05, 4.69) is 15.4 Å². The Hall–Kier alpha value is -1.33. The smallest absolute Gasteiger partial charge is 0.254 e. The van der Waals surface area contributed by atoms with Crippen LogP contribution in [0.5, 0.6) is 0 Å². The van der Waals surface area contributed by atoms with E-state index in [1.165, 1.54) is 0 Å². The first-order chi connectivity index (χ1) is 8.19. The normalized spacial score (nSPS) is 16.6. The first-order valence-electron chi connectivity index (χ1n) is 5.99. The Labute approximate surface area is 111 Å². The number of H-pyrrole nitrogens is 1. The van der Waals surface area contributed by atoms with E-state index in [0.29, 0.717) is 5.92 Å². The number of nitrogens with one attached hydrogen (secondary N) is 2. The van der Waals surface area contributed by atoms with Crippen LogP contribution in [0.15, 0.2) is 17.1 Å². The van der Waals surface area contributed by atoms with Gasteiger partial charge in [-0.05, 0) is 32.7 Å². The molecule has 6 heteroatoms. The molecule has 2 aromatic heterocycles. The van der Waals surface area contributed by atoms with Crippen LogP contribution in [0.25, 0.3) is 5.65 Å². The first-order valence-corrected chi connectivity index (χ1v) is 5.99. The van der Waals surface area contributed by atoms with Crippen molar-refractivity contribution in [3.63, 3.8) is 0 Å². The molecule has 0 bridgehead atoms. The maximum atomic E-state index is 11.9. The number of rotatable bonds is 3. The summed E-state index contributed by atoms with van der Waals surface area (Å²) in [5.41, 5.74) is 2.60. The number of halogens is 1. The average molecular weight is 269 g/mol. The quantitative estimate of drug-likeness (QED) is 0.889. The zero-order chi connectivity index (χ0) is 12.0. The highest BCUT2D eigenvalue weighted by Gasteiger charge is 2.27. The highest BCUT2D eigenvalue weighted by Crippen LogP contribution is 2.38. The van der Waals surface area contributed by atoms with Gasteiger partial charge in [-0.15, -0.1) is 12.4 Å². The summed E-state index contributed by atoms with van der Waals surface area (Å²) in [6, 6.07) is 2.10. The van der Waals surface area contributed by atoms with E-state index in [4.69, 9.17) is 0 Å². The second kappa shape index (κ2) is 4.74. The molecular weight excluding hydrogens is 252 g/mol. The van der Waals surface area contributed by atoms with E-state index >= 15 is 0 Å². The van der Waals surface area contributed by atoms with Crippen molar-refractivity contribution in [1.29, 1.82) is 0 Å². The minimum Gasteiger partial charge on any atom is -0.312 e. The summed E-state index contributed by atoms with van der Waals surface area (Å²) in [5.74, 6) is 0.442. The van der Waals surface area contributed by atoms with E-state index in [-0.39, 0.29) is 24.0 Å². The van der Waals surface area contributed by atoms with Gasteiger partial charge < -0.3 is 10.3 Å². The number of aromatic amines is 1. The lowest BCUT2D eigenvalue weighted by atomic mass is 10.2. The molecule has 2 aromatic rings. The largest absolute Gasteiger partial charge is 0.312 e. The van der Waals surface area contributed by atoms with Crippen LogP contribution in [0.3, 0.4) is 0 Å². The second-order valence-electron chi connectivity index (χ2n) is 4.72. The molecule has 0 aliphatic heterocycles. The summed E-state index contributed by atoms with van der Waals surface area (Å²) in [6.07, 6.45) is 4.11. The van der Waals surface area contributed by atoms with Crippen LogP contribution in [-0.2, 0) is 0 Å². The van der Waals surface area contributed by atoms with Crippen molar-refractivity contribution in [3.05, 3.63) is 33.9 Å². The van der Waals surface area contributed by atoms with Crippen molar-refractivity contribution in [2.45, 2.75) is 31.7 Å². The summed E-state index contributed by atoms with van der Waals surface area (Å²) in [5, 5.41) is 7.62. The van der Waals surface area contributed by atoms with E-state index in [9.17, 15) is 4.79 Å². The zero-order valence-corrected chi connectivity index (χ0v) is 11.3. The van der Waals surface area contributed by atoms with Crippen LogP contribution in [0, 0.1) is 0 Å². The topological polar surface area (TPSA) is 62.2 Å². The maximum Gasteiger partial charge on any atom is 0.254 e. The predicted octanol–water partition coefficient (Wildman–Crippen LogP) is 1.60.